The molecule has 0 aromatic heterocycles. The Morgan fingerprint density at radius 2 is 1.75 bits per heavy atom. The predicted octanol–water partition coefficient (Wildman–Crippen LogP) is 1.61. The van der Waals surface area contributed by atoms with Gasteiger partial charge in [0, 0.05) is 5.57 Å². The molecular weight excluding hydrogens is 154 g/mol. The Hall–Kier alpha value is -0.830. The van der Waals surface area contributed by atoms with Crippen LogP contribution in [-0.2, 0) is 4.79 Å². The number of carboxylic acids is 1. The van der Waals surface area contributed by atoms with Gasteiger partial charge in [0.15, 0.2) is 0 Å². The highest BCUT2D eigenvalue weighted by atomic mass is 16.4. The van der Waals surface area contributed by atoms with Gasteiger partial charge >= 0.3 is 5.97 Å². The fourth-order valence-electron chi connectivity index (χ4n) is 0.393. The fourth-order valence-corrected chi connectivity index (χ4v) is 0.393. The Balaban J connectivity index is 0. The van der Waals surface area contributed by atoms with Crippen molar-refractivity contribution >= 4 is 5.97 Å². The number of carboxylic acid groups (broad SMARTS) is 1. The normalized spacial score (nSPS) is 10.7. The van der Waals surface area contributed by atoms with Crippen LogP contribution in [0.4, 0.5) is 0 Å². The Morgan fingerprint density at radius 3 is 1.83 bits per heavy atom. The molecule has 0 saturated heterocycles. The molecule has 0 spiro atoms. The second-order valence-electron chi connectivity index (χ2n) is 2.94. The van der Waals surface area contributed by atoms with E-state index in [-0.39, 0.29) is 0 Å². The standard InChI is InChI=1S/C6H10O2.C3H9N/c1-3-4-5(2)6(7)8;1-4(2)3/h4H,3H2,1-2H3,(H,7,8);1-3H3. The van der Waals surface area contributed by atoms with Crippen molar-refractivity contribution in [3.05, 3.63) is 11.6 Å². The molecule has 0 aliphatic heterocycles. The molecule has 3 heteroatoms. The van der Waals surface area contributed by atoms with Crippen LogP contribution in [-0.4, -0.2) is 37.1 Å². The first kappa shape index (κ1) is 13.7. The number of allylic oxidation sites excluding steroid dienone is 1. The van der Waals surface area contributed by atoms with E-state index in [9.17, 15) is 4.79 Å². The average molecular weight is 173 g/mol. The molecule has 0 unspecified atom stereocenters. The van der Waals surface area contributed by atoms with Crippen molar-refractivity contribution in [1.29, 1.82) is 0 Å². The van der Waals surface area contributed by atoms with E-state index in [4.69, 9.17) is 5.11 Å². The quantitative estimate of drug-likeness (QED) is 0.645. The molecule has 0 heterocycles. The minimum absolute atomic E-state index is 0.424. The maximum absolute atomic E-state index is 10.0. The highest BCUT2D eigenvalue weighted by Crippen LogP contribution is 1.92. The molecule has 0 aliphatic rings. The summed E-state index contributed by atoms with van der Waals surface area (Å²) in [5.41, 5.74) is 0.424. The molecule has 0 amide bonds. The smallest absolute Gasteiger partial charge is 0.330 e. The Bertz CT molecular complexity index is 148. The minimum atomic E-state index is -0.827. The third-order valence-electron chi connectivity index (χ3n) is 0.848. The van der Waals surface area contributed by atoms with E-state index in [1.54, 1.807) is 13.0 Å². The zero-order chi connectivity index (χ0) is 10.1. The third-order valence-corrected chi connectivity index (χ3v) is 0.848. The van der Waals surface area contributed by atoms with Crippen LogP contribution in [0.15, 0.2) is 11.6 Å². The molecule has 0 aliphatic carbocycles. The summed E-state index contributed by atoms with van der Waals surface area (Å²) in [5, 5.41) is 8.24. The van der Waals surface area contributed by atoms with E-state index < -0.39 is 5.97 Å². The van der Waals surface area contributed by atoms with Crippen molar-refractivity contribution in [2.75, 3.05) is 21.1 Å². The van der Waals surface area contributed by atoms with Gasteiger partial charge in [-0.3, -0.25) is 0 Å². The molecule has 0 atom stereocenters. The van der Waals surface area contributed by atoms with Gasteiger partial charge in [-0.25, -0.2) is 4.79 Å². The minimum Gasteiger partial charge on any atom is -0.478 e. The van der Waals surface area contributed by atoms with Crippen LogP contribution < -0.4 is 0 Å². The lowest BCUT2D eigenvalue weighted by Gasteiger charge is -1.90. The molecule has 3 nitrogen and oxygen atoms in total. The SMILES string of the molecule is CCC=C(C)C(=O)O.CN(C)C. The maximum Gasteiger partial charge on any atom is 0.330 e. The van der Waals surface area contributed by atoms with Gasteiger partial charge in [-0.15, -0.1) is 0 Å². The van der Waals surface area contributed by atoms with Crippen molar-refractivity contribution in [2.45, 2.75) is 20.3 Å². The van der Waals surface area contributed by atoms with Crippen LogP contribution in [0.3, 0.4) is 0 Å². The zero-order valence-electron chi connectivity index (χ0n) is 8.59. The Labute approximate surface area is 74.7 Å². The lowest BCUT2D eigenvalue weighted by molar-refractivity contribution is -0.132. The number of aliphatic carboxylic acids is 1. The first-order valence-electron chi connectivity index (χ1n) is 3.92. The summed E-state index contributed by atoms with van der Waals surface area (Å²) >= 11 is 0. The van der Waals surface area contributed by atoms with E-state index in [0.717, 1.165) is 6.42 Å². The molecule has 0 bridgehead atoms. The number of rotatable bonds is 2. The van der Waals surface area contributed by atoms with Crippen LogP contribution >= 0.6 is 0 Å². The van der Waals surface area contributed by atoms with Crippen LogP contribution in [0.5, 0.6) is 0 Å². The summed E-state index contributed by atoms with van der Waals surface area (Å²) in [6.45, 7) is 3.50. The second-order valence-corrected chi connectivity index (χ2v) is 2.94. The summed E-state index contributed by atoms with van der Waals surface area (Å²) in [5.74, 6) is -0.827. The summed E-state index contributed by atoms with van der Waals surface area (Å²) in [6, 6.07) is 0. The number of hydrogen-bond acceptors (Lipinski definition) is 2. The highest BCUT2D eigenvalue weighted by molar-refractivity contribution is 5.85. The summed E-state index contributed by atoms with van der Waals surface area (Å²) in [4.78, 5) is 12.0. The van der Waals surface area contributed by atoms with Crippen LogP contribution in [0, 0.1) is 0 Å². The summed E-state index contributed by atoms with van der Waals surface area (Å²) in [7, 11) is 6.00. The number of carbonyl (C=O) groups is 1. The van der Waals surface area contributed by atoms with Gasteiger partial charge in [-0.1, -0.05) is 13.0 Å². The first-order valence-corrected chi connectivity index (χ1v) is 3.92. The molecule has 0 saturated carbocycles. The van der Waals surface area contributed by atoms with Gasteiger partial charge in [-0.05, 0) is 34.5 Å². The lowest BCUT2D eigenvalue weighted by Crippen LogP contribution is -1.99. The van der Waals surface area contributed by atoms with Crippen molar-refractivity contribution < 1.29 is 9.90 Å². The lowest BCUT2D eigenvalue weighted by atomic mass is 10.2. The molecule has 72 valence electrons. The molecule has 0 rings (SSSR count). The van der Waals surface area contributed by atoms with Crippen molar-refractivity contribution in [3.8, 4) is 0 Å². The van der Waals surface area contributed by atoms with E-state index >= 15 is 0 Å². The monoisotopic (exact) mass is 173 g/mol. The van der Waals surface area contributed by atoms with E-state index in [1.807, 2.05) is 33.0 Å². The molecule has 12 heavy (non-hydrogen) atoms. The van der Waals surface area contributed by atoms with E-state index in [1.165, 1.54) is 0 Å². The van der Waals surface area contributed by atoms with Crippen molar-refractivity contribution in [2.24, 2.45) is 0 Å². The van der Waals surface area contributed by atoms with Crippen LogP contribution in [0.2, 0.25) is 0 Å². The molecule has 0 fully saturated rings. The maximum atomic E-state index is 10.0. The summed E-state index contributed by atoms with van der Waals surface area (Å²) < 4.78 is 0. The zero-order valence-corrected chi connectivity index (χ0v) is 8.59. The topological polar surface area (TPSA) is 40.5 Å². The third kappa shape index (κ3) is 16.1. The number of nitrogens with zero attached hydrogens (tertiary/aromatic N) is 1. The molecular formula is C9H19NO2. The largest absolute Gasteiger partial charge is 0.478 e. The van der Waals surface area contributed by atoms with Gasteiger partial charge in [0.2, 0.25) is 0 Å². The van der Waals surface area contributed by atoms with Crippen molar-refractivity contribution in [3.63, 3.8) is 0 Å². The Morgan fingerprint density at radius 1 is 1.42 bits per heavy atom. The second kappa shape index (κ2) is 8.27. The van der Waals surface area contributed by atoms with Crippen LogP contribution in [0.25, 0.3) is 0 Å². The van der Waals surface area contributed by atoms with Gasteiger partial charge in [-0.2, -0.15) is 0 Å². The summed E-state index contributed by atoms with van der Waals surface area (Å²) in [6.07, 6.45) is 2.47. The molecule has 0 aromatic carbocycles. The average Bonchev–Trinajstić information content (AvgIpc) is 1.86. The Kier molecular flexibility index (Phi) is 9.47. The molecule has 0 aromatic rings. The van der Waals surface area contributed by atoms with Crippen molar-refractivity contribution in [1.82, 2.24) is 4.90 Å². The first-order chi connectivity index (χ1) is 5.41. The fraction of sp³-hybridized carbons (Fsp3) is 0.667. The number of hydrogen-bond donors (Lipinski definition) is 1. The van der Waals surface area contributed by atoms with Gasteiger partial charge in [0.25, 0.3) is 0 Å². The van der Waals surface area contributed by atoms with Gasteiger partial charge in [0.05, 0.1) is 0 Å². The predicted molar refractivity (Wildman–Crippen MR) is 51.3 cm³/mol. The van der Waals surface area contributed by atoms with E-state index in [0.29, 0.717) is 5.57 Å². The highest BCUT2D eigenvalue weighted by Gasteiger charge is 1.94. The molecule has 1 N–H and O–H groups in total. The van der Waals surface area contributed by atoms with Crippen LogP contribution in [0.1, 0.15) is 20.3 Å². The molecule has 0 radical (unpaired) electrons. The van der Waals surface area contributed by atoms with Gasteiger partial charge in [0.1, 0.15) is 0 Å². The van der Waals surface area contributed by atoms with Gasteiger partial charge < -0.3 is 10.0 Å². The van der Waals surface area contributed by atoms with E-state index in [2.05, 4.69) is 0 Å².